The number of carboxylic acids is 1. The highest BCUT2D eigenvalue weighted by molar-refractivity contribution is 5.93. The van der Waals surface area contributed by atoms with Crippen LogP contribution in [0.5, 0.6) is 0 Å². The summed E-state index contributed by atoms with van der Waals surface area (Å²) in [4.78, 5) is 21.6. The average Bonchev–Trinajstić information content (AvgIpc) is 2.26. The number of amides is 1. The van der Waals surface area contributed by atoms with Gasteiger partial charge in [0.1, 0.15) is 11.9 Å². The van der Waals surface area contributed by atoms with Crippen molar-refractivity contribution in [2.75, 3.05) is 5.32 Å². The highest BCUT2D eigenvalue weighted by Gasteiger charge is 2.16. The first-order chi connectivity index (χ1) is 7.95. The third-order valence-electron chi connectivity index (χ3n) is 2.29. The van der Waals surface area contributed by atoms with Crippen LogP contribution < -0.4 is 11.1 Å². The van der Waals surface area contributed by atoms with E-state index < -0.39 is 23.7 Å². The van der Waals surface area contributed by atoms with Crippen LogP contribution in [0.25, 0.3) is 0 Å². The Morgan fingerprint density at radius 1 is 1.53 bits per heavy atom. The van der Waals surface area contributed by atoms with Gasteiger partial charge in [0, 0.05) is 5.56 Å². The van der Waals surface area contributed by atoms with Gasteiger partial charge in [-0.2, -0.15) is 0 Å². The summed E-state index contributed by atoms with van der Waals surface area (Å²) in [5.41, 5.74) is 5.06. The van der Waals surface area contributed by atoms with Gasteiger partial charge < -0.3 is 16.2 Å². The van der Waals surface area contributed by atoms with Crippen molar-refractivity contribution in [3.8, 4) is 0 Å². The Hall–Kier alpha value is -2.11. The molecule has 6 heteroatoms. The van der Waals surface area contributed by atoms with Crippen LogP contribution in [0.15, 0.2) is 18.2 Å². The van der Waals surface area contributed by atoms with Crippen LogP contribution in [0.3, 0.4) is 0 Å². The second kappa shape index (κ2) is 5.29. The number of nitrogens with two attached hydrogens (primary N) is 1. The van der Waals surface area contributed by atoms with E-state index in [1.165, 1.54) is 12.1 Å². The van der Waals surface area contributed by atoms with Gasteiger partial charge in [0.25, 0.3) is 0 Å². The van der Waals surface area contributed by atoms with Crippen molar-refractivity contribution in [2.24, 2.45) is 5.73 Å². The molecular formula is C11H13FN2O3. The van der Waals surface area contributed by atoms with Gasteiger partial charge in [0.15, 0.2) is 0 Å². The molecule has 0 aliphatic rings. The number of nitrogens with one attached hydrogen (secondary N) is 1. The highest BCUT2D eigenvalue weighted by atomic mass is 19.1. The van der Waals surface area contributed by atoms with E-state index in [0.29, 0.717) is 6.42 Å². The molecule has 0 heterocycles. The number of carbonyl (C=O) groups excluding carboxylic acids is 1. The van der Waals surface area contributed by atoms with Crippen LogP contribution >= 0.6 is 0 Å². The number of anilines is 1. The van der Waals surface area contributed by atoms with E-state index in [-0.39, 0.29) is 11.3 Å². The summed E-state index contributed by atoms with van der Waals surface area (Å²) < 4.78 is 13.5. The molecule has 1 unspecified atom stereocenters. The van der Waals surface area contributed by atoms with Crippen molar-refractivity contribution in [2.45, 2.75) is 19.4 Å². The predicted octanol–water partition coefficient (Wildman–Crippen LogP) is 1.20. The number of primary amides is 1. The van der Waals surface area contributed by atoms with Gasteiger partial charge in [-0.1, -0.05) is 6.92 Å². The lowest BCUT2D eigenvalue weighted by Gasteiger charge is -2.14. The molecule has 1 atom stereocenters. The van der Waals surface area contributed by atoms with E-state index in [4.69, 9.17) is 10.8 Å². The molecule has 0 bridgehead atoms. The van der Waals surface area contributed by atoms with E-state index in [1.54, 1.807) is 6.92 Å². The van der Waals surface area contributed by atoms with E-state index in [1.807, 2.05) is 0 Å². The fourth-order valence-electron chi connectivity index (χ4n) is 1.31. The van der Waals surface area contributed by atoms with Gasteiger partial charge in [-0.25, -0.2) is 9.18 Å². The van der Waals surface area contributed by atoms with Crippen LogP contribution in [0, 0.1) is 5.82 Å². The maximum absolute atomic E-state index is 13.5. The molecule has 0 aliphatic heterocycles. The molecule has 4 N–H and O–H groups in total. The van der Waals surface area contributed by atoms with Crippen LogP contribution in [-0.2, 0) is 4.79 Å². The van der Waals surface area contributed by atoms with E-state index >= 15 is 0 Å². The molecule has 0 saturated carbocycles. The van der Waals surface area contributed by atoms with Gasteiger partial charge >= 0.3 is 5.97 Å². The van der Waals surface area contributed by atoms with Crippen molar-refractivity contribution >= 4 is 17.6 Å². The Balaban J connectivity index is 2.93. The molecule has 92 valence electrons. The second-order valence-corrected chi connectivity index (χ2v) is 3.50. The summed E-state index contributed by atoms with van der Waals surface area (Å²) in [7, 11) is 0. The molecule has 5 nitrogen and oxygen atoms in total. The van der Waals surface area contributed by atoms with Crippen molar-refractivity contribution in [1.29, 1.82) is 0 Å². The zero-order valence-electron chi connectivity index (χ0n) is 9.24. The molecular weight excluding hydrogens is 227 g/mol. The molecule has 0 aromatic heterocycles. The molecule has 1 aromatic carbocycles. The lowest BCUT2D eigenvalue weighted by Crippen LogP contribution is -2.28. The quantitative estimate of drug-likeness (QED) is 0.721. The van der Waals surface area contributed by atoms with Crippen LogP contribution in [-0.4, -0.2) is 23.0 Å². The van der Waals surface area contributed by atoms with Gasteiger partial charge in [-0.3, -0.25) is 4.79 Å². The number of rotatable bonds is 5. The smallest absolute Gasteiger partial charge is 0.326 e. The van der Waals surface area contributed by atoms with Gasteiger partial charge in [0.05, 0.1) is 5.69 Å². The largest absolute Gasteiger partial charge is 0.480 e. The summed E-state index contributed by atoms with van der Waals surface area (Å²) in [5, 5.41) is 11.3. The number of aliphatic carboxylic acids is 1. The molecule has 0 spiro atoms. The highest BCUT2D eigenvalue weighted by Crippen LogP contribution is 2.17. The lowest BCUT2D eigenvalue weighted by molar-refractivity contribution is -0.137. The van der Waals surface area contributed by atoms with Gasteiger partial charge in [-0.05, 0) is 24.6 Å². The zero-order valence-corrected chi connectivity index (χ0v) is 9.24. The van der Waals surface area contributed by atoms with Crippen molar-refractivity contribution in [3.63, 3.8) is 0 Å². The summed E-state index contributed by atoms with van der Waals surface area (Å²) in [6, 6.07) is 2.73. The number of benzene rings is 1. The van der Waals surface area contributed by atoms with E-state index in [9.17, 15) is 14.0 Å². The van der Waals surface area contributed by atoms with Crippen molar-refractivity contribution in [3.05, 3.63) is 29.6 Å². The number of carbonyl (C=O) groups is 2. The second-order valence-electron chi connectivity index (χ2n) is 3.50. The van der Waals surface area contributed by atoms with Crippen molar-refractivity contribution in [1.82, 2.24) is 0 Å². The van der Waals surface area contributed by atoms with Gasteiger partial charge in [0.2, 0.25) is 5.91 Å². The summed E-state index contributed by atoms with van der Waals surface area (Å²) in [5.74, 6) is -2.51. The fourth-order valence-corrected chi connectivity index (χ4v) is 1.31. The van der Waals surface area contributed by atoms with Gasteiger partial charge in [-0.15, -0.1) is 0 Å². The lowest BCUT2D eigenvalue weighted by atomic mass is 10.1. The summed E-state index contributed by atoms with van der Waals surface area (Å²) in [6.07, 6.45) is 0.312. The minimum Gasteiger partial charge on any atom is -0.480 e. The summed E-state index contributed by atoms with van der Waals surface area (Å²) >= 11 is 0. The molecule has 1 aromatic rings. The molecule has 0 aliphatic carbocycles. The Morgan fingerprint density at radius 3 is 2.59 bits per heavy atom. The topological polar surface area (TPSA) is 92.4 Å². The summed E-state index contributed by atoms with van der Waals surface area (Å²) in [6.45, 7) is 1.67. The SMILES string of the molecule is CCC(Nc1ccc(C(N)=O)cc1F)C(=O)O. The molecule has 17 heavy (non-hydrogen) atoms. The van der Waals surface area contributed by atoms with Crippen LogP contribution in [0.1, 0.15) is 23.7 Å². The Bertz CT molecular complexity index is 448. The minimum absolute atomic E-state index is 0.0317. The maximum Gasteiger partial charge on any atom is 0.326 e. The molecule has 1 rings (SSSR count). The molecule has 1 amide bonds. The zero-order chi connectivity index (χ0) is 13.0. The number of carboxylic acid groups (broad SMARTS) is 1. The van der Waals surface area contributed by atoms with Crippen LogP contribution in [0.2, 0.25) is 0 Å². The third kappa shape index (κ3) is 3.17. The third-order valence-corrected chi connectivity index (χ3v) is 2.29. The Kier molecular flexibility index (Phi) is 4.03. The first-order valence-corrected chi connectivity index (χ1v) is 5.04. The molecule has 0 radical (unpaired) electrons. The van der Waals surface area contributed by atoms with E-state index in [0.717, 1.165) is 6.07 Å². The van der Waals surface area contributed by atoms with Crippen molar-refractivity contribution < 1.29 is 19.1 Å². The first-order valence-electron chi connectivity index (χ1n) is 5.04. The monoisotopic (exact) mass is 240 g/mol. The van der Waals surface area contributed by atoms with E-state index in [2.05, 4.69) is 5.32 Å². The predicted molar refractivity (Wildman–Crippen MR) is 60.3 cm³/mol. The first kappa shape index (κ1) is 13.0. The average molecular weight is 240 g/mol. The minimum atomic E-state index is -1.06. The number of hydrogen-bond donors (Lipinski definition) is 3. The molecule has 0 saturated heterocycles. The number of hydrogen-bond acceptors (Lipinski definition) is 3. The normalized spacial score (nSPS) is 11.9. The maximum atomic E-state index is 13.5. The standard InChI is InChI=1S/C11H13FN2O3/c1-2-8(11(16)17)14-9-4-3-6(10(13)15)5-7(9)12/h3-5,8,14H,2H2,1H3,(H2,13,15)(H,16,17). The molecule has 0 fully saturated rings. The number of halogens is 1. The fraction of sp³-hybridized carbons (Fsp3) is 0.273. The van der Waals surface area contributed by atoms with Crippen LogP contribution in [0.4, 0.5) is 10.1 Å². The Morgan fingerprint density at radius 2 is 2.18 bits per heavy atom. The Labute approximate surface area is 97.4 Å².